The number of methoxy groups -OCH3 is 1. The van der Waals surface area contributed by atoms with Gasteiger partial charge in [0.25, 0.3) is 5.91 Å². The highest BCUT2D eigenvalue weighted by Gasteiger charge is 2.26. The van der Waals surface area contributed by atoms with Crippen LogP contribution in [-0.2, 0) is 9.53 Å². The molecule has 6 heteroatoms. The largest absolute Gasteiger partial charge is 0.469 e. The summed E-state index contributed by atoms with van der Waals surface area (Å²) >= 11 is 5.65. The van der Waals surface area contributed by atoms with E-state index in [-0.39, 0.29) is 23.8 Å². The molecule has 0 fully saturated rings. The summed E-state index contributed by atoms with van der Waals surface area (Å²) in [6, 6.07) is 2.98. The second-order valence-corrected chi connectivity index (χ2v) is 4.59. The van der Waals surface area contributed by atoms with Crippen LogP contribution in [0.15, 0.2) is 30.5 Å². The van der Waals surface area contributed by atoms with E-state index in [2.05, 4.69) is 15.0 Å². The highest BCUT2D eigenvalue weighted by molar-refractivity contribution is 6.29. The van der Waals surface area contributed by atoms with Gasteiger partial charge in [-0.1, -0.05) is 23.8 Å². The van der Waals surface area contributed by atoms with Gasteiger partial charge in [-0.2, -0.15) is 0 Å². The molecule has 1 aromatic heterocycles. The number of carbonyl (C=O) groups is 2. The molecule has 1 heterocycles. The van der Waals surface area contributed by atoms with E-state index in [1.165, 1.54) is 13.3 Å². The summed E-state index contributed by atoms with van der Waals surface area (Å²) in [4.78, 5) is 27.1. The monoisotopic (exact) mass is 280 g/mol. The van der Waals surface area contributed by atoms with Gasteiger partial charge < -0.3 is 10.1 Å². The number of rotatable bonds is 3. The van der Waals surface area contributed by atoms with Crippen LogP contribution in [0.5, 0.6) is 0 Å². The summed E-state index contributed by atoms with van der Waals surface area (Å²) in [6.07, 6.45) is 5.47. The van der Waals surface area contributed by atoms with Crippen molar-refractivity contribution in [2.45, 2.75) is 12.5 Å². The first-order chi connectivity index (χ1) is 9.10. The Morgan fingerprint density at radius 3 is 2.84 bits per heavy atom. The fraction of sp³-hybridized carbons (Fsp3) is 0.308. The lowest BCUT2D eigenvalue weighted by Gasteiger charge is -2.12. The Kier molecular flexibility index (Phi) is 4.16. The molecule has 5 nitrogen and oxygen atoms in total. The molecule has 1 aliphatic rings. The van der Waals surface area contributed by atoms with Gasteiger partial charge in [0.15, 0.2) is 0 Å². The number of ether oxygens (including phenoxy) is 1. The average molecular weight is 281 g/mol. The van der Waals surface area contributed by atoms with Crippen molar-refractivity contribution in [2.75, 3.05) is 7.11 Å². The van der Waals surface area contributed by atoms with Crippen molar-refractivity contribution in [1.29, 1.82) is 0 Å². The maximum absolute atomic E-state index is 11.9. The van der Waals surface area contributed by atoms with Gasteiger partial charge in [0.1, 0.15) is 5.15 Å². The summed E-state index contributed by atoms with van der Waals surface area (Å²) in [5, 5.41) is 3.14. The third-order valence-corrected chi connectivity index (χ3v) is 3.12. The van der Waals surface area contributed by atoms with Gasteiger partial charge in [-0.05, 0) is 18.6 Å². The van der Waals surface area contributed by atoms with Crippen molar-refractivity contribution in [3.63, 3.8) is 0 Å². The van der Waals surface area contributed by atoms with Crippen LogP contribution in [-0.4, -0.2) is 30.0 Å². The Bertz CT molecular complexity index is 513. The smallest absolute Gasteiger partial charge is 0.312 e. The van der Waals surface area contributed by atoms with E-state index in [4.69, 9.17) is 11.6 Å². The van der Waals surface area contributed by atoms with Gasteiger partial charge in [0.05, 0.1) is 18.6 Å². The maximum atomic E-state index is 11.9. The van der Waals surface area contributed by atoms with Crippen LogP contribution < -0.4 is 5.32 Å². The van der Waals surface area contributed by atoms with Gasteiger partial charge in [-0.15, -0.1) is 0 Å². The molecule has 0 saturated heterocycles. The van der Waals surface area contributed by atoms with Crippen LogP contribution in [0.4, 0.5) is 0 Å². The highest BCUT2D eigenvalue weighted by Crippen LogP contribution is 2.19. The number of aromatic nitrogens is 1. The fourth-order valence-corrected chi connectivity index (χ4v) is 2.01. The normalized spacial score (nSPS) is 21.2. The lowest BCUT2D eigenvalue weighted by atomic mass is 10.1. The van der Waals surface area contributed by atoms with Crippen molar-refractivity contribution >= 4 is 23.5 Å². The molecule has 1 N–H and O–H groups in total. The molecule has 1 unspecified atom stereocenters. The van der Waals surface area contributed by atoms with Crippen LogP contribution in [0, 0.1) is 5.92 Å². The first kappa shape index (κ1) is 13.5. The number of carbonyl (C=O) groups excluding carboxylic acids is 2. The molecule has 2 rings (SSSR count). The quantitative estimate of drug-likeness (QED) is 0.519. The molecule has 0 radical (unpaired) electrons. The standard InChI is InChI=1S/C13H13ClN2O3/c1-19-13(18)8-2-4-10(6-8)16-12(17)9-3-5-11(14)15-7-9/h2-5,7-8,10H,6H2,1H3,(H,16,17)/t8?,10-/m1/s1. The van der Waals surface area contributed by atoms with Crippen molar-refractivity contribution in [1.82, 2.24) is 10.3 Å². The van der Waals surface area contributed by atoms with Crippen LogP contribution in [0.2, 0.25) is 5.15 Å². The number of hydrogen-bond acceptors (Lipinski definition) is 4. The number of halogens is 1. The first-order valence-corrected chi connectivity index (χ1v) is 6.16. The molecule has 0 spiro atoms. The molecule has 0 saturated carbocycles. The topological polar surface area (TPSA) is 68.3 Å². The van der Waals surface area contributed by atoms with Gasteiger partial charge >= 0.3 is 5.97 Å². The van der Waals surface area contributed by atoms with E-state index in [1.807, 2.05) is 0 Å². The Balaban J connectivity index is 1.93. The summed E-state index contributed by atoms with van der Waals surface area (Å²) in [6.45, 7) is 0. The van der Waals surface area contributed by atoms with E-state index < -0.39 is 0 Å². The number of hydrogen-bond donors (Lipinski definition) is 1. The minimum Gasteiger partial charge on any atom is -0.469 e. The molecule has 0 aromatic carbocycles. The average Bonchev–Trinajstić information content (AvgIpc) is 2.87. The van der Waals surface area contributed by atoms with E-state index in [1.54, 1.807) is 24.3 Å². The molecular weight excluding hydrogens is 268 g/mol. The van der Waals surface area contributed by atoms with Gasteiger partial charge in [0.2, 0.25) is 0 Å². The highest BCUT2D eigenvalue weighted by atomic mass is 35.5. The minimum absolute atomic E-state index is 0.174. The van der Waals surface area contributed by atoms with Gasteiger partial charge in [-0.3, -0.25) is 9.59 Å². The third kappa shape index (κ3) is 3.32. The zero-order valence-electron chi connectivity index (χ0n) is 10.3. The minimum atomic E-state index is -0.293. The summed E-state index contributed by atoms with van der Waals surface area (Å²) in [5.41, 5.74) is 0.430. The summed E-state index contributed by atoms with van der Waals surface area (Å²) in [5.74, 6) is -0.830. The fourth-order valence-electron chi connectivity index (χ4n) is 1.89. The molecule has 100 valence electrons. The molecule has 19 heavy (non-hydrogen) atoms. The molecule has 2 atom stereocenters. The first-order valence-electron chi connectivity index (χ1n) is 5.78. The zero-order valence-corrected chi connectivity index (χ0v) is 11.1. The molecule has 1 aromatic rings. The van der Waals surface area contributed by atoms with Crippen molar-refractivity contribution in [2.24, 2.45) is 5.92 Å². The molecule has 1 amide bonds. The van der Waals surface area contributed by atoms with E-state index in [9.17, 15) is 9.59 Å². The Hall–Kier alpha value is -1.88. The van der Waals surface area contributed by atoms with Gasteiger partial charge in [0, 0.05) is 12.2 Å². The SMILES string of the molecule is COC(=O)C1C=C[C@@H](NC(=O)c2ccc(Cl)nc2)C1. The number of esters is 1. The van der Waals surface area contributed by atoms with E-state index >= 15 is 0 Å². The lowest BCUT2D eigenvalue weighted by Crippen LogP contribution is -2.33. The van der Waals surface area contributed by atoms with Crippen LogP contribution in [0.3, 0.4) is 0 Å². The van der Waals surface area contributed by atoms with Crippen molar-refractivity contribution in [3.05, 3.63) is 41.2 Å². The lowest BCUT2D eigenvalue weighted by molar-refractivity contribution is -0.143. The van der Waals surface area contributed by atoms with Crippen molar-refractivity contribution < 1.29 is 14.3 Å². The van der Waals surface area contributed by atoms with Crippen LogP contribution in [0.25, 0.3) is 0 Å². The molecular formula is C13H13ClN2O3. The maximum Gasteiger partial charge on any atom is 0.312 e. The molecule has 0 bridgehead atoms. The van der Waals surface area contributed by atoms with Gasteiger partial charge in [-0.25, -0.2) is 4.98 Å². The Morgan fingerprint density at radius 2 is 2.21 bits per heavy atom. The number of pyridine rings is 1. The second-order valence-electron chi connectivity index (χ2n) is 4.20. The van der Waals surface area contributed by atoms with E-state index in [0.717, 1.165) is 0 Å². The summed E-state index contributed by atoms with van der Waals surface area (Å²) in [7, 11) is 1.35. The predicted octanol–water partition coefficient (Wildman–Crippen LogP) is 1.58. The summed E-state index contributed by atoms with van der Waals surface area (Å²) < 4.78 is 4.66. The van der Waals surface area contributed by atoms with Crippen molar-refractivity contribution in [3.8, 4) is 0 Å². The zero-order chi connectivity index (χ0) is 13.8. The van der Waals surface area contributed by atoms with E-state index in [0.29, 0.717) is 17.1 Å². The van der Waals surface area contributed by atoms with Crippen LogP contribution >= 0.6 is 11.6 Å². The predicted molar refractivity (Wildman–Crippen MR) is 69.8 cm³/mol. The Morgan fingerprint density at radius 1 is 1.42 bits per heavy atom. The number of amides is 1. The number of nitrogens with one attached hydrogen (secondary N) is 1. The Labute approximate surface area is 115 Å². The van der Waals surface area contributed by atoms with Crippen LogP contribution in [0.1, 0.15) is 16.8 Å². The number of nitrogens with zero attached hydrogens (tertiary/aromatic N) is 1. The molecule has 1 aliphatic carbocycles. The second kappa shape index (κ2) is 5.84. The molecule has 0 aliphatic heterocycles. The third-order valence-electron chi connectivity index (χ3n) is 2.89.